The van der Waals surface area contributed by atoms with Crippen LogP contribution in [0.4, 0.5) is 0 Å². The first-order valence-corrected chi connectivity index (χ1v) is 6.74. The van der Waals surface area contributed by atoms with E-state index >= 15 is 0 Å². The van der Waals surface area contributed by atoms with Crippen LogP contribution in [0.15, 0.2) is 48.7 Å². The van der Waals surface area contributed by atoms with E-state index < -0.39 is 5.97 Å². The van der Waals surface area contributed by atoms with Crippen LogP contribution < -0.4 is 0 Å². The first-order chi connectivity index (χ1) is 10.1. The standard InChI is InChI=1S/C16H18N2O3/c1-17(11-9-15(19)20)16(21)14-8-5-10-18(14)12-13-6-3-2-4-7-13/h2-8,10H,9,11-12H2,1H3,(H,19,20). The molecule has 1 N–H and O–H groups in total. The van der Waals surface area contributed by atoms with Gasteiger partial charge in [0.15, 0.2) is 0 Å². The molecule has 1 aromatic heterocycles. The number of carbonyl (C=O) groups is 2. The van der Waals surface area contributed by atoms with Crippen LogP contribution in [0.5, 0.6) is 0 Å². The minimum absolute atomic E-state index is 0.0539. The normalized spacial score (nSPS) is 10.3. The molecule has 2 aromatic rings. The fourth-order valence-electron chi connectivity index (χ4n) is 2.09. The fourth-order valence-corrected chi connectivity index (χ4v) is 2.09. The molecular formula is C16H18N2O3. The number of aromatic nitrogens is 1. The maximum Gasteiger partial charge on any atom is 0.305 e. The van der Waals surface area contributed by atoms with E-state index in [0.717, 1.165) is 5.56 Å². The van der Waals surface area contributed by atoms with Crippen LogP contribution in [0.1, 0.15) is 22.5 Å². The summed E-state index contributed by atoms with van der Waals surface area (Å²) in [6, 6.07) is 13.4. The van der Waals surface area contributed by atoms with Crippen LogP contribution in [0.3, 0.4) is 0 Å². The van der Waals surface area contributed by atoms with Crippen molar-refractivity contribution in [1.82, 2.24) is 9.47 Å². The van der Waals surface area contributed by atoms with Crippen LogP contribution >= 0.6 is 0 Å². The Kier molecular flexibility index (Phi) is 4.77. The molecule has 0 aliphatic rings. The van der Waals surface area contributed by atoms with E-state index in [2.05, 4.69) is 0 Å². The number of carbonyl (C=O) groups excluding carboxylic acids is 1. The summed E-state index contributed by atoms with van der Waals surface area (Å²) in [5.74, 6) is -1.08. The topological polar surface area (TPSA) is 62.5 Å². The Morgan fingerprint density at radius 2 is 1.86 bits per heavy atom. The third-order valence-electron chi connectivity index (χ3n) is 3.25. The van der Waals surface area contributed by atoms with Crippen molar-refractivity contribution in [2.75, 3.05) is 13.6 Å². The van der Waals surface area contributed by atoms with Gasteiger partial charge in [-0.25, -0.2) is 0 Å². The molecule has 110 valence electrons. The average molecular weight is 286 g/mol. The zero-order chi connectivity index (χ0) is 15.2. The fraction of sp³-hybridized carbons (Fsp3) is 0.250. The molecule has 0 fully saturated rings. The second kappa shape index (κ2) is 6.74. The minimum atomic E-state index is -0.908. The predicted octanol–water partition coefficient (Wildman–Crippen LogP) is 2.08. The van der Waals surface area contributed by atoms with Crippen molar-refractivity contribution < 1.29 is 14.7 Å². The van der Waals surface area contributed by atoms with Gasteiger partial charge >= 0.3 is 5.97 Å². The molecule has 1 amide bonds. The van der Waals surface area contributed by atoms with Gasteiger partial charge in [-0.2, -0.15) is 0 Å². The summed E-state index contributed by atoms with van der Waals surface area (Å²) in [7, 11) is 1.62. The molecule has 0 radical (unpaired) electrons. The number of aliphatic carboxylic acids is 1. The molecule has 0 saturated heterocycles. The number of amides is 1. The summed E-state index contributed by atoms with van der Waals surface area (Å²) in [6.07, 6.45) is 1.80. The van der Waals surface area contributed by atoms with Gasteiger partial charge in [0.05, 0.1) is 6.42 Å². The van der Waals surface area contributed by atoms with Crippen molar-refractivity contribution in [3.05, 3.63) is 59.9 Å². The number of nitrogens with zero attached hydrogens (tertiary/aromatic N) is 2. The molecule has 0 bridgehead atoms. The lowest BCUT2D eigenvalue weighted by Gasteiger charge is -2.17. The Labute approximate surface area is 123 Å². The molecule has 21 heavy (non-hydrogen) atoms. The van der Waals surface area contributed by atoms with Gasteiger partial charge in [-0.05, 0) is 17.7 Å². The Hall–Kier alpha value is -2.56. The zero-order valence-electron chi connectivity index (χ0n) is 11.9. The SMILES string of the molecule is CN(CCC(=O)O)C(=O)c1cccn1Cc1ccccc1. The predicted molar refractivity (Wildman–Crippen MR) is 79.2 cm³/mol. The third-order valence-corrected chi connectivity index (χ3v) is 3.25. The quantitative estimate of drug-likeness (QED) is 0.884. The summed E-state index contributed by atoms with van der Waals surface area (Å²) in [5.41, 5.74) is 1.67. The molecule has 0 saturated carbocycles. The number of carboxylic acid groups (broad SMARTS) is 1. The molecule has 0 spiro atoms. The van der Waals surface area contributed by atoms with E-state index in [4.69, 9.17) is 5.11 Å². The lowest BCUT2D eigenvalue weighted by molar-refractivity contribution is -0.137. The highest BCUT2D eigenvalue weighted by Crippen LogP contribution is 2.10. The van der Waals surface area contributed by atoms with E-state index in [0.29, 0.717) is 12.2 Å². The smallest absolute Gasteiger partial charge is 0.305 e. The van der Waals surface area contributed by atoms with E-state index in [1.165, 1.54) is 4.90 Å². The van der Waals surface area contributed by atoms with Gasteiger partial charge in [0.25, 0.3) is 5.91 Å². The number of hydrogen-bond acceptors (Lipinski definition) is 2. The Bertz CT molecular complexity index is 619. The Balaban J connectivity index is 2.09. The minimum Gasteiger partial charge on any atom is -0.481 e. The van der Waals surface area contributed by atoms with Crippen molar-refractivity contribution in [3.63, 3.8) is 0 Å². The van der Waals surface area contributed by atoms with Crippen LogP contribution in [0.25, 0.3) is 0 Å². The second-order valence-corrected chi connectivity index (χ2v) is 4.88. The third kappa shape index (κ3) is 3.95. The summed E-state index contributed by atoms with van der Waals surface area (Å²) in [6.45, 7) is 0.812. The molecule has 5 nitrogen and oxygen atoms in total. The molecule has 1 heterocycles. The van der Waals surface area contributed by atoms with Crippen LogP contribution in [0, 0.1) is 0 Å². The molecule has 0 atom stereocenters. The van der Waals surface area contributed by atoms with Crippen LogP contribution in [0.2, 0.25) is 0 Å². The summed E-state index contributed by atoms with van der Waals surface area (Å²) < 4.78 is 1.87. The number of rotatable bonds is 6. The van der Waals surface area contributed by atoms with E-state index in [-0.39, 0.29) is 18.9 Å². The summed E-state index contributed by atoms with van der Waals surface area (Å²) >= 11 is 0. The van der Waals surface area contributed by atoms with Gasteiger partial charge in [-0.3, -0.25) is 9.59 Å². The summed E-state index contributed by atoms with van der Waals surface area (Å²) in [4.78, 5) is 24.4. The Morgan fingerprint density at radius 1 is 1.14 bits per heavy atom. The van der Waals surface area contributed by atoms with Crippen molar-refractivity contribution in [2.24, 2.45) is 0 Å². The molecule has 0 aliphatic carbocycles. The van der Waals surface area contributed by atoms with Gasteiger partial charge in [-0.1, -0.05) is 30.3 Å². The summed E-state index contributed by atoms with van der Waals surface area (Å²) in [5, 5.41) is 8.68. The maximum atomic E-state index is 12.3. The number of hydrogen-bond donors (Lipinski definition) is 1. The van der Waals surface area contributed by atoms with Gasteiger partial charge in [0.1, 0.15) is 5.69 Å². The number of carboxylic acids is 1. The van der Waals surface area contributed by atoms with Crippen LogP contribution in [-0.4, -0.2) is 40.0 Å². The molecule has 0 unspecified atom stereocenters. The van der Waals surface area contributed by atoms with E-state index in [1.807, 2.05) is 47.2 Å². The maximum absolute atomic E-state index is 12.3. The van der Waals surface area contributed by atoms with Gasteiger partial charge in [0.2, 0.25) is 0 Å². The largest absolute Gasteiger partial charge is 0.481 e. The molecule has 1 aromatic carbocycles. The van der Waals surface area contributed by atoms with Gasteiger partial charge in [0, 0.05) is 26.3 Å². The molecule has 0 aliphatic heterocycles. The number of benzene rings is 1. The van der Waals surface area contributed by atoms with E-state index in [1.54, 1.807) is 13.1 Å². The highest BCUT2D eigenvalue weighted by atomic mass is 16.4. The van der Waals surface area contributed by atoms with Gasteiger partial charge < -0.3 is 14.6 Å². The Morgan fingerprint density at radius 3 is 2.52 bits per heavy atom. The lowest BCUT2D eigenvalue weighted by Crippen LogP contribution is -2.30. The highest BCUT2D eigenvalue weighted by Gasteiger charge is 2.16. The van der Waals surface area contributed by atoms with Crippen molar-refractivity contribution >= 4 is 11.9 Å². The second-order valence-electron chi connectivity index (χ2n) is 4.88. The highest BCUT2D eigenvalue weighted by molar-refractivity contribution is 5.92. The van der Waals surface area contributed by atoms with Gasteiger partial charge in [-0.15, -0.1) is 0 Å². The van der Waals surface area contributed by atoms with E-state index in [9.17, 15) is 9.59 Å². The van der Waals surface area contributed by atoms with Crippen molar-refractivity contribution in [1.29, 1.82) is 0 Å². The zero-order valence-corrected chi connectivity index (χ0v) is 11.9. The lowest BCUT2D eigenvalue weighted by atomic mass is 10.2. The van der Waals surface area contributed by atoms with Crippen molar-refractivity contribution in [3.8, 4) is 0 Å². The first kappa shape index (κ1) is 14.8. The monoisotopic (exact) mass is 286 g/mol. The molecule has 2 rings (SSSR count). The first-order valence-electron chi connectivity index (χ1n) is 6.74. The average Bonchev–Trinajstić information content (AvgIpc) is 2.93. The molecule has 5 heteroatoms. The molecular weight excluding hydrogens is 268 g/mol. The van der Waals surface area contributed by atoms with Crippen molar-refractivity contribution in [2.45, 2.75) is 13.0 Å². The van der Waals surface area contributed by atoms with Crippen LogP contribution in [-0.2, 0) is 11.3 Å².